The largest absolute Gasteiger partial charge is 0.340 e. The summed E-state index contributed by atoms with van der Waals surface area (Å²) in [5, 5.41) is 13.7. The predicted molar refractivity (Wildman–Crippen MR) is 98.2 cm³/mol. The first kappa shape index (κ1) is 13.7. The number of nitrogens with zero attached hydrogens (tertiary/aromatic N) is 4. The number of benzene rings is 2. The Morgan fingerprint density at radius 3 is 2.60 bits per heavy atom. The first-order valence-electron chi connectivity index (χ1n) is 7.95. The normalized spacial score (nSPS) is 11.2. The molecule has 0 radical (unpaired) electrons. The number of nitrogens with one attached hydrogen (secondary N) is 2. The molecule has 5 rings (SSSR count). The molecule has 3 aromatic heterocycles. The number of aromatic amines is 1. The van der Waals surface area contributed by atoms with E-state index in [0.29, 0.717) is 5.95 Å². The predicted octanol–water partition coefficient (Wildman–Crippen LogP) is 4.04. The van der Waals surface area contributed by atoms with Crippen LogP contribution in [0.2, 0.25) is 0 Å². The first-order valence-corrected chi connectivity index (χ1v) is 7.95. The summed E-state index contributed by atoms with van der Waals surface area (Å²) in [6, 6.07) is 16.1. The number of hydrogen-bond donors (Lipinski definition) is 2. The van der Waals surface area contributed by atoms with Crippen molar-refractivity contribution in [2.45, 2.75) is 0 Å². The maximum absolute atomic E-state index is 4.62. The van der Waals surface area contributed by atoms with E-state index in [0.717, 1.165) is 33.2 Å². The fraction of sp³-hybridized carbons (Fsp3) is 0. The molecule has 2 aromatic carbocycles. The molecule has 6 heteroatoms. The Morgan fingerprint density at radius 1 is 0.920 bits per heavy atom. The molecule has 5 aromatic rings. The van der Waals surface area contributed by atoms with Crippen molar-refractivity contribution in [1.82, 2.24) is 24.7 Å². The van der Waals surface area contributed by atoms with Gasteiger partial charge in [0.15, 0.2) is 0 Å². The van der Waals surface area contributed by atoms with Crippen molar-refractivity contribution in [3.05, 3.63) is 73.3 Å². The van der Waals surface area contributed by atoms with Crippen LogP contribution in [0.4, 0.5) is 11.5 Å². The van der Waals surface area contributed by atoms with Gasteiger partial charge in [-0.2, -0.15) is 10.1 Å². The van der Waals surface area contributed by atoms with Gasteiger partial charge in [0.2, 0.25) is 5.95 Å². The SMILES string of the molecule is c1ccc2cn(-c3nccc(Nc4ccc5[nH]ncc5c4)n3)cc2c1. The third kappa shape index (κ3) is 2.49. The van der Waals surface area contributed by atoms with Crippen molar-refractivity contribution in [3.63, 3.8) is 0 Å². The van der Waals surface area contributed by atoms with E-state index in [1.165, 1.54) is 0 Å². The van der Waals surface area contributed by atoms with Crippen LogP contribution < -0.4 is 5.32 Å². The van der Waals surface area contributed by atoms with Gasteiger partial charge in [-0.25, -0.2) is 4.98 Å². The fourth-order valence-corrected chi connectivity index (χ4v) is 2.91. The molecule has 0 saturated carbocycles. The maximum Gasteiger partial charge on any atom is 0.235 e. The second-order valence-corrected chi connectivity index (χ2v) is 5.83. The molecule has 2 N–H and O–H groups in total. The van der Waals surface area contributed by atoms with Crippen LogP contribution in [0.3, 0.4) is 0 Å². The first-order chi connectivity index (χ1) is 12.3. The molecular weight excluding hydrogens is 312 g/mol. The second-order valence-electron chi connectivity index (χ2n) is 5.83. The zero-order chi connectivity index (χ0) is 16.6. The summed E-state index contributed by atoms with van der Waals surface area (Å²) in [7, 11) is 0. The van der Waals surface area contributed by atoms with Crippen LogP contribution in [-0.2, 0) is 0 Å². The van der Waals surface area contributed by atoms with E-state index in [9.17, 15) is 0 Å². The standard InChI is InChI=1S/C19H14N6/c1-2-4-14-12-25(11-13(14)3-1)19-20-8-7-18(23-19)22-16-5-6-17-15(9-16)10-21-24-17/h1-12H,(H,21,24)(H,20,22,23). The Labute approximate surface area is 143 Å². The molecule has 0 unspecified atom stereocenters. The van der Waals surface area contributed by atoms with E-state index >= 15 is 0 Å². The van der Waals surface area contributed by atoms with Gasteiger partial charge in [0.05, 0.1) is 11.7 Å². The molecule has 0 amide bonds. The monoisotopic (exact) mass is 326 g/mol. The Balaban J connectivity index is 1.49. The van der Waals surface area contributed by atoms with Gasteiger partial charge in [-0.1, -0.05) is 24.3 Å². The lowest BCUT2D eigenvalue weighted by atomic mass is 10.2. The molecule has 0 aliphatic carbocycles. The average Bonchev–Trinajstić information content (AvgIpc) is 3.28. The fourth-order valence-electron chi connectivity index (χ4n) is 2.91. The Hall–Kier alpha value is -3.67. The van der Waals surface area contributed by atoms with Gasteiger partial charge >= 0.3 is 0 Å². The second kappa shape index (κ2) is 5.45. The summed E-state index contributed by atoms with van der Waals surface area (Å²) in [4.78, 5) is 9.00. The van der Waals surface area contributed by atoms with Crippen LogP contribution in [0.15, 0.2) is 73.3 Å². The van der Waals surface area contributed by atoms with Crippen LogP contribution >= 0.6 is 0 Å². The molecule has 25 heavy (non-hydrogen) atoms. The zero-order valence-corrected chi connectivity index (χ0v) is 13.2. The smallest absolute Gasteiger partial charge is 0.235 e. The number of anilines is 2. The minimum absolute atomic E-state index is 0.630. The molecule has 0 spiro atoms. The minimum atomic E-state index is 0.630. The lowest BCUT2D eigenvalue weighted by molar-refractivity contribution is 0.942. The number of rotatable bonds is 3. The number of H-pyrrole nitrogens is 1. The summed E-state index contributed by atoms with van der Waals surface area (Å²) in [6.07, 6.45) is 7.63. The highest BCUT2D eigenvalue weighted by atomic mass is 15.2. The molecule has 0 bridgehead atoms. The highest BCUT2D eigenvalue weighted by Gasteiger charge is 2.05. The molecular formula is C19H14N6. The van der Waals surface area contributed by atoms with Crippen LogP contribution in [-0.4, -0.2) is 24.7 Å². The molecule has 0 atom stereocenters. The van der Waals surface area contributed by atoms with Gasteiger partial charge in [-0.15, -0.1) is 0 Å². The minimum Gasteiger partial charge on any atom is -0.340 e. The lowest BCUT2D eigenvalue weighted by Crippen LogP contribution is -2.01. The van der Waals surface area contributed by atoms with Crippen LogP contribution in [0, 0.1) is 0 Å². The maximum atomic E-state index is 4.62. The van der Waals surface area contributed by atoms with E-state index in [-0.39, 0.29) is 0 Å². The van der Waals surface area contributed by atoms with E-state index in [4.69, 9.17) is 0 Å². The van der Waals surface area contributed by atoms with Gasteiger partial charge in [0, 0.05) is 29.7 Å². The van der Waals surface area contributed by atoms with Gasteiger partial charge in [0.1, 0.15) is 5.82 Å². The van der Waals surface area contributed by atoms with Crippen molar-refractivity contribution in [2.75, 3.05) is 5.32 Å². The summed E-state index contributed by atoms with van der Waals surface area (Å²) in [5.74, 6) is 1.37. The summed E-state index contributed by atoms with van der Waals surface area (Å²) in [6.45, 7) is 0. The number of fused-ring (bicyclic) bond motifs is 2. The van der Waals surface area contributed by atoms with Crippen LogP contribution in [0.5, 0.6) is 0 Å². The van der Waals surface area contributed by atoms with Crippen molar-refractivity contribution >= 4 is 33.2 Å². The topological polar surface area (TPSA) is 71.4 Å². The van der Waals surface area contributed by atoms with Gasteiger partial charge < -0.3 is 5.32 Å². The van der Waals surface area contributed by atoms with E-state index < -0.39 is 0 Å². The molecule has 6 nitrogen and oxygen atoms in total. The third-order valence-corrected chi connectivity index (χ3v) is 4.14. The molecule has 120 valence electrons. The Bertz CT molecular complexity index is 1150. The van der Waals surface area contributed by atoms with Gasteiger partial charge in [-0.05, 0) is 35.0 Å². The van der Waals surface area contributed by atoms with Crippen molar-refractivity contribution in [1.29, 1.82) is 0 Å². The molecule has 0 saturated heterocycles. The molecule has 3 heterocycles. The van der Waals surface area contributed by atoms with Crippen molar-refractivity contribution < 1.29 is 0 Å². The highest BCUT2D eigenvalue weighted by Crippen LogP contribution is 2.21. The number of hydrogen-bond acceptors (Lipinski definition) is 4. The van der Waals surface area contributed by atoms with E-state index in [2.05, 4.69) is 37.6 Å². The third-order valence-electron chi connectivity index (χ3n) is 4.14. The van der Waals surface area contributed by atoms with Gasteiger partial charge in [-0.3, -0.25) is 9.67 Å². The molecule has 0 fully saturated rings. The molecule has 0 aliphatic heterocycles. The van der Waals surface area contributed by atoms with E-state index in [1.54, 1.807) is 12.4 Å². The summed E-state index contributed by atoms with van der Waals surface area (Å²) in [5.41, 5.74) is 1.96. The van der Waals surface area contributed by atoms with Crippen molar-refractivity contribution in [3.8, 4) is 5.95 Å². The van der Waals surface area contributed by atoms with Crippen LogP contribution in [0.25, 0.3) is 27.6 Å². The number of aromatic nitrogens is 5. The van der Waals surface area contributed by atoms with Crippen molar-refractivity contribution in [2.24, 2.45) is 0 Å². The average molecular weight is 326 g/mol. The quantitative estimate of drug-likeness (QED) is 0.525. The summed E-state index contributed by atoms with van der Waals surface area (Å²) >= 11 is 0. The Morgan fingerprint density at radius 2 is 1.76 bits per heavy atom. The summed E-state index contributed by atoms with van der Waals surface area (Å²) < 4.78 is 1.94. The van der Waals surface area contributed by atoms with Gasteiger partial charge in [0.25, 0.3) is 0 Å². The highest BCUT2D eigenvalue weighted by molar-refractivity contribution is 5.83. The zero-order valence-electron chi connectivity index (χ0n) is 13.2. The molecule has 0 aliphatic rings. The Kier molecular flexibility index (Phi) is 3.00. The lowest BCUT2D eigenvalue weighted by Gasteiger charge is -2.07. The van der Waals surface area contributed by atoms with Crippen LogP contribution in [0.1, 0.15) is 0 Å². The van der Waals surface area contributed by atoms with E-state index in [1.807, 2.05) is 53.4 Å².